The van der Waals surface area contributed by atoms with Crippen LogP contribution in [0.15, 0.2) is 18.2 Å². The van der Waals surface area contributed by atoms with Crippen molar-refractivity contribution in [1.29, 1.82) is 0 Å². The first kappa shape index (κ1) is 14.7. The molecule has 21 heavy (non-hydrogen) atoms. The second-order valence-corrected chi connectivity index (χ2v) is 6.27. The number of carboxylic acid groups (broad SMARTS) is 1. The van der Waals surface area contributed by atoms with Gasteiger partial charge in [0.1, 0.15) is 0 Å². The minimum Gasteiger partial charge on any atom is -0.481 e. The Balaban J connectivity index is 1.91. The molecule has 2 aliphatic rings. The molecule has 1 saturated carbocycles. The third-order valence-electron chi connectivity index (χ3n) is 4.72. The van der Waals surface area contributed by atoms with E-state index in [2.05, 4.69) is 4.90 Å². The fourth-order valence-electron chi connectivity index (χ4n) is 3.47. The molecular weight excluding hydrogens is 290 g/mol. The molecule has 0 spiro atoms. The Hall–Kier alpha value is -1.26. The predicted octanol–water partition coefficient (Wildman–Crippen LogP) is 3.07. The lowest BCUT2D eigenvalue weighted by atomic mass is 9.79. The van der Waals surface area contributed by atoms with Crippen molar-refractivity contribution < 1.29 is 14.6 Å². The number of halogens is 1. The van der Waals surface area contributed by atoms with Crippen LogP contribution < -0.4 is 4.90 Å². The van der Waals surface area contributed by atoms with E-state index in [1.165, 1.54) is 0 Å². The monoisotopic (exact) mass is 309 g/mol. The molecule has 3 rings (SSSR count). The lowest BCUT2D eigenvalue weighted by Crippen LogP contribution is -2.36. The summed E-state index contributed by atoms with van der Waals surface area (Å²) >= 11 is 6.43. The normalized spacial score (nSPS) is 21.5. The molecule has 0 unspecified atom stereocenters. The zero-order valence-electron chi connectivity index (χ0n) is 12.0. The summed E-state index contributed by atoms with van der Waals surface area (Å²) in [6.45, 7) is 3.06. The Kier molecular flexibility index (Phi) is 4.09. The third-order valence-corrected chi connectivity index (χ3v) is 5.02. The van der Waals surface area contributed by atoms with Crippen LogP contribution in [0.3, 0.4) is 0 Å². The van der Waals surface area contributed by atoms with E-state index in [-0.39, 0.29) is 0 Å². The van der Waals surface area contributed by atoms with Gasteiger partial charge in [-0.3, -0.25) is 4.79 Å². The summed E-state index contributed by atoms with van der Waals surface area (Å²) in [5.74, 6) is -0.727. The van der Waals surface area contributed by atoms with Crippen LogP contribution in [0.2, 0.25) is 5.02 Å². The predicted molar refractivity (Wildman–Crippen MR) is 82.3 cm³/mol. The van der Waals surface area contributed by atoms with Crippen molar-refractivity contribution in [3.8, 4) is 0 Å². The quantitative estimate of drug-likeness (QED) is 0.932. The molecule has 5 heteroatoms. The maximum absolute atomic E-state index is 11.8. The SMILES string of the molecule is O=C(O)C1(c2ccc(N3CCOCC3)c(Cl)c2)CCCC1. The first-order valence-electron chi connectivity index (χ1n) is 7.50. The van der Waals surface area contributed by atoms with Crippen molar-refractivity contribution >= 4 is 23.3 Å². The van der Waals surface area contributed by atoms with Crippen molar-refractivity contribution in [3.05, 3.63) is 28.8 Å². The first-order chi connectivity index (χ1) is 10.1. The van der Waals surface area contributed by atoms with Gasteiger partial charge in [0.2, 0.25) is 0 Å². The Morgan fingerprint density at radius 3 is 2.48 bits per heavy atom. The van der Waals surface area contributed by atoms with E-state index in [1.54, 1.807) is 0 Å². The van der Waals surface area contributed by atoms with Crippen molar-refractivity contribution in [2.75, 3.05) is 31.2 Å². The number of carbonyl (C=O) groups is 1. The molecule has 0 aromatic heterocycles. The van der Waals surface area contributed by atoms with Gasteiger partial charge in [0, 0.05) is 13.1 Å². The minimum atomic E-state index is -0.743. The molecule has 1 aliphatic carbocycles. The lowest BCUT2D eigenvalue weighted by Gasteiger charge is -2.31. The third kappa shape index (κ3) is 2.62. The second-order valence-electron chi connectivity index (χ2n) is 5.86. The number of hydrogen-bond donors (Lipinski definition) is 1. The molecule has 2 fully saturated rings. The Morgan fingerprint density at radius 1 is 1.24 bits per heavy atom. The van der Waals surface area contributed by atoms with Crippen LogP contribution in [0.25, 0.3) is 0 Å². The van der Waals surface area contributed by atoms with E-state index < -0.39 is 11.4 Å². The Morgan fingerprint density at radius 2 is 1.90 bits per heavy atom. The van der Waals surface area contributed by atoms with Crippen LogP contribution in [0.5, 0.6) is 0 Å². The number of hydrogen-bond acceptors (Lipinski definition) is 3. The topological polar surface area (TPSA) is 49.8 Å². The fourth-order valence-corrected chi connectivity index (χ4v) is 3.77. The molecule has 1 aliphatic heterocycles. The molecular formula is C16H20ClNO3. The first-order valence-corrected chi connectivity index (χ1v) is 7.87. The van der Waals surface area contributed by atoms with Gasteiger partial charge in [0.15, 0.2) is 0 Å². The molecule has 0 atom stereocenters. The van der Waals surface area contributed by atoms with Crippen LogP contribution in [0.1, 0.15) is 31.2 Å². The van der Waals surface area contributed by atoms with Crippen LogP contribution in [-0.4, -0.2) is 37.4 Å². The van der Waals surface area contributed by atoms with E-state index in [4.69, 9.17) is 16.3 Å². The van der Waals surface area contributed by atoms with Crippen LogP contribution in [0.4, 0.5) is 5.69 Å². The number of nitrogens with zero attached hydrogens (tertiary/aromatic N) is 1. The molecule has 1 aromatic carbocycles. The van der Waals surface area contributed by atoms with Crippen molar-refractivity contribution in [3.63, 3.8) is 0 Å². The summed E-state index contributed by atoms with van der Waals surface area (Å²) in [5, 5.41) is 10.3. The highest BCUT2D eigenvalue weighted by Gasteiger charge is 2.43. The molecule has 0 radical (unpaired) electrons. The van der Waals surface area contributed by atoms with Gasteiger partial charge in [-0.05, 0) is 30.5 Å². The lowest BCUT2D eigenvalue weighted by molar-refractivity contribution is -0.143. The van der Waals surface area contributed by atoms with Gasteiger partial charge >= 0.3 is 5.97 Å². The van der Waals surface area contributed by atoms with E-state index in [0.717, 1.165) is 37.2 Å². The highest BCUT2D eigenvalue weighted by molar-refractivity contribution is 6.33. The van der Waals surface area contributed by atoms with Gasteiger partial charge in [0.05, 0.1) is 29.3 Å². The largest absolute Gasteiger partial charge is 0.481 e. The highest BCUT2D eigenvalue weighted by Crippen LogP contribution is 2.43. The maximum atomic E-state index is 11.8. The minimum absolute atomic E-state index is 0.641. The van der Waals surface area contributed by atoms with E-state index in [9.17, 15) is 9.90 Å². The molecule has 0 bridgehead atoms. The van der Waals surface area contributed by atoms with Gasteiger partial charge in [-0.15, -0.1) is 0 Å². The standard InChI is InChI=1S/C16H20ClNO3/c17-13-11-12(16(15(19)20)5-1-2-6-16)3-4-14(13)18-7-9-21-10-8-18/h3-4,11H,1-2,5-10H2,(H,19,20). The number of anilines is 1. The summed E-state index contributed by atoms with van der Waals surface area (Å²) in [6.07, 6.45) is 3.34. The molecule has 4 nitrogen and oxygen atoms in total. The van der Waals surface area contributed by atoms with Gasteiger partial charge < -0.3 is 14.7 Å². The van der Waals surface area contributed by atoms with Gasteiger partial charge in [-0.2, -0.15) is 0 Å². The van der Waals surface area contributed by atoms with E-state index in [0.29, 0.717) is 31.1 Å². The Labute approximate surface area is 129 Å². The number of aliphatic carboxylic acids is 1. The Bertz CT molecular complexity index is 534. The molecule has 114 valence electrons. The van der Waals surface area contributed by atoms with E-state index in [1.807, 2.05) is 18.2 Å². The molecule has 1 N–H and O–H groups in total. The number of benzene rings is 1. The smallest absolute Gasteiger partial charge is 0.314 e. The van der Waals surface area contributed by atoms with E-state index >= 15 is 0 Å². The highest BCUT2D eigenvalue weighted by atomic mass is 35.5. The zero-order valence-corrected chi connectivity index (χ0v) is 12.7. The average Bonchev–Trinajstić information content (AvgIpc) is 2.99. The van der Waals surface area contributed by atoms with Gasteiger partial charge in [0.25, 0.3) is 0 Å². The van der Waals surface area contributed by atoms with Crippen LogP contribution in [-0.2, 0) is 14.9 Å². The van der Waals surface area contributed by atoms with Crippen molar-refractivity contribution in [2.45, 2.75) is 31.1 Å². The molecule has 0 amide bonds. The molecule has 1 saturated heterocycles. The fraction of sp³-hybridized carbons (Fsp3) is 0.562. The van der Waals surface area contributed by atoms with Crippen molar-refractivity contribution in [1.82, 2.24) is 0 Å². The maximum Gasteiger partial charge on any atom is 0.314 e. The van der Waals surface area contributed by atoms with Crippen LogP contribution >= 0.6 is 11.6 Å². The molecule has 1 heterocycles. The average molecular weight is 310 g/mol. The summed E-state index contributed by atoms with van der Waals surface area (Å²) in [6, 6.07) is 5.76. The number of ether oxygens (including phenoxy) is 1. The number of morpholine rings is 1. The van der Waals surface area contributed by atoms with Gasteiger partial charge in [-0.25, -0.2) is 0 Å². The van der Waals surface area contributed by atoms with Gasteiger partial charge in [-0.1, -0.05) is 30.5 Å². The summed E-state index contributed by atoms with van der Waals surface area (Å²) in [5.41, 5.74) is 1.07. The zero-order chi connectivity index (χ0) is 14.9. The number of rotatable bonds is 3. The summed E-state index contributed by atoms with van der Waals surface area (Å²) in [4.78, 5) is 13.9. The molecule has 1 aromatic rings. The van der Waals surface area contributed by atoms with Crippen LogP contribution in [0, 0.1) is 0 Å². The van der Waals surface area contributed by atoms with Crippen molar-refractivity contribution in [2.24, 2.45) is 0 Å². The summed E-state index contributed by atoms with van der Waals surface area (Å²) < 4.78 is 5.35. The second kappa shape index (κ2) is 5.85. The number of carboxylic acids is 1. The summed E-state index contributed by atoms with van der Waals surface area (Å²) in [7, 11) is 0.